The van der Waals surface area contributed by atoms with Gasteiger partial charge in [0.2, 0.25) is 5.91 Å². The zero-order valence-corrected chi connectivity index (χ0v) is 22.8. The molecule has 206 valence electrons. The summed E-state index contributed by atoms with van der Waals surface area (Å²) in [6.45, 7) is 3.26. The molecule has 0 saturated heterocycles. The highest BCUT2D eigenvalue weighted by atomic mass is 35.5. The van der Waals surface area contributed by atoms with Gasteiger partial charge in [-0.3, -0.25) is 14.4 Å². The van der Waals surface area contributed by atoms with Crippen molar-refractivity contribution in [3.63, 3.8) is 0 Å². The van der Waals surface area contributed by atoms with E-state index < -0.39 is 35.4 Å². The number of benzene rings is 2. The van der Waals surface area contributed by atoms with Crippen molar-refractivity contribution in [1.82, 2.24) is 5.32 Å². The third-order valence-electron chi connectivity index (χ3n) is 6.16. The summed E-state index contributed by atoms with van der Waals surface area (Å²) in [5, 5.41) is 12.8. The molecule has 1 heterocycles. The van der Waals surface area contributed by atoms with Crippen LogP contribution in [0.15, 0.2) is 36.4 Å². The van der Waals surface area contributed by atoms with Crippen LogP contribution >= 0.6 is 11.6 Å². The van der Waals surface area contributed by atoms with Crippen molar-refractivity contribution >= 4 is 35.1 Å². The SMILES string of the molecule is COC(=O)CNC(=O)C[C@H]1O[C@H](c2cccc(OC)c2OC)c2cc(Cl)ccc2N(CC(C)(C)CO)C1=O. The normalized spacial score (nSPS) is 17.3. The summed E-state index contributed by atoms with van der Waals surface area (Å²) >= 11 is 6.40. The molecule has 0 spiro atoms. The Morgan fingerprint density at radius 3 is 2.50 bits per heavy atom. The summed E-state index contributed by atoms with van der Waals surface area (Å²) in [4.78, 5) is 39.7. The highest BCUT2D eigenvalue weighted by Gasteiger charge is 2.40. The van der Waals surface area contributed by atoms with Gasteiger partial charge in [-0.1, -0.05) is 37.6 Å². The molecule has 0 fully saturated rings. The molecule has 2 aromatic carbocycles. The number of halogens is 1. The zero-order valence-electron chi connectivity index (χ0n) is 22.1. The Balaban J connectivity index is 2.16. The summed E-state index contributed by atoms with van der Waals surface area (Å²) in [5.41, 5.74) is 0.987. The Labute approximate surface area is 226 Å². The molecule has 2 aromatic rings. The fourth-order valence-corrected chi connectivity index (χ4v) is 4.37. The average Bonchev–Trinajstić information content (AvgIpc) is 3.01. The molecule has 38 heavy (non-hydrogen) atoms. The molecule has 11 heteroatoms. The van der Waals surface area contributed by atoms with Gasteiger partial charge in [0.1, 0.15) is 18.8 Å². The fraction of sp³-hybridized carbons (Fsp3) is 0.444. The number of hydrogen-bond acceptors (Lipinski definition) is 8. The van der Waals surface area contributed by atoms with Gasteiger partial charge in [0.15, 0.2) is 11.5 Å². The number of anilines is 1. The molecule has 0 saturated carbocycles. The van der Waals surface area contributed by atoms with Crippen molar-refractivity contribution in [2.45, 2.75) is 32.5 Å². The molecule has 10 nitrogen and oxygen atoms in total. The quantitative estimate of drug-likeness (QED) is 0.434. The summed E-state index contributed by atoms with van der Waals surface area (Å²) in [5.74, 6) is -0.822. The first kappa shape index (κ1) is 29.2. The number of carbonyl (C=O) groups excluding carboxylic acids is 3. The first-order chi connectivity index (χ1) is 18.0. The van der Waals surface area contributed by atoms with E-state index in [0.29, 0.717) is 33.3 Å². The van der Waals surface area contributed by atoms with Gasteiger partial charge in [0.05, 0.1) is 27.8 Å². The van der Waals surface area contributed by atoms with Crippen LogP contribution in [0.3, 0.4) is 0 Å². The molecular formula is C27H33ClN2O8. The van der Waals surface area contributed by atoms with Crippen molar-refractivity contribution in [3.05, 3.63) is 52.5 Å². The van der Waals surface area contributed by atoms with E-state index >= 15 is 0 Å². The topological polar surface area (TPSA) is 124 Å². The number of nitrogens with one attached hydrogen (secondary N) is 1. The van der Waals surface area contributed by atoms with E-state index in [9.17, 15) is 19.5 Å². The Hall–Kier alpha value is -3.34. The number of carbonyl (C=O) groups is 3. The van der Waals surface area contributed by atoms with Crippen molar-refractivity contribution in [2.24, 2.45) is 5.41 Å². The van der Waals surface area contributed by atoms with E-state index in [1.807, 2.05) is 13.8 Å². The second-order valence-corrected chi connectivity index (χ2v) is 10.0. The summed E-state index contributed by atoms with van der Waals surface area (Å²) in [7, 11) is 4.22. The number of amides is 2. The highest BCUT2D eigenvalue weighted by molar-refractivity contribution is 6.30. The lowest BCUT2D eigenvalue weighted by atomic mass is 9.92. The molecule has 0 aromatic heterocycles. The number of nitrogens with zero attached hydrogens (tertiary/aromatic N) is 1. The Morgan fingerprint density at radius 2 is 1.87 bits per heavy atom. The maximum absolute atomic E-state index is 13.9. The maximum Gasteiger partial charge on any atom is 0.325 e. The number of ether oxygens (including phenoxy) is 4. The lowest BCUT2D eigenvalue weighted by molar-refractivity contribution is -0.142. The highest BCUT2D eigenvalue weighted by Crippen LogP contribution is 2.45. The van der Waals surface area contributed by atoms with E-state index in [1.54, 1.807) is 36.4 Å². The molecule has 0 bridgehead atoms. The number of aliphatic hydroxyl groups excluding tert-OH is 1. The van der Waals surface area contributed by atoms with Crippen LogP contribution < -0.4 is 19.7 Å². The van der Waals surface area contributed by atoms with Crippen LogP contribution in [0.1, 0.15) is 37.5 Å². The number of hydrogen-bond donors (Lipinski definition) is 2. The van der Waals surface area contributed by atoms with Gasteiger partial charge in [-0.25, -0.2) is 0 Å². The number of esters is 1. The average molecular weight is 549 g/mol. The summed E-state index contributed by atoms with van der Waals surface area (Å²) < 4.78 is 22.1. The monoisotopic (exact) mass is 548 g/mol. The molecule has 0 radical (unpaired) electrons. The van der Waals surface area contributed by atoms with Gasteiger partial charge >= 0.3 is 5.97 Å². The van der Waals surface area contributed by atoms with Crippen LogP contribution in [-0.2, 0) is 23.9 Å². The van der Waals surface area contributed by atoms with E-state index in [-0.39, 0.29) is 26.1 Å². The largest absolute Gasteiger partial charge is 0.493 e. The predicted molar refractivity (Wildman–Crippen MR) is 141 cm³/mol. The first-order valence-electron chi connectivity index (χ1n) is 12.0. The zero-order chi connectivity index (χ0) is 28.0. The van der Waals surface area contributed by atoms with Crippen molar-refractivity contribution in [3.8, 4) is 11.5 Å². The molecule has 1 aliphatic heterocycles. The minimum Gasteiger partial charge on any atom is -0.493 e. The van der Waals surface area contributed by atoms with Gasteiger partial charge < -0.3 is 34.3 Å². The van der Waals surface area contributed by atoms with Crippen LogP contribution in [0.4, 0.5) is 5.69 Å². The van der Waals surface area contributed by atoms with Crippen LogP contribution in [0.2, 0.25) is 5.02 Å². The van der Waals surface area contributed by atoms with Crippen molar-refractivity contribution in [1.29, 1.82) is 0 Å². The Kier molecular flexibility index (Phi) is 9.59. The van der Waals surface area contributed by atoms with Gasteiger partial charge in [0.25, 0.3) is 5.91 Å². The summed E-state index contributed by atoms with van der Waals surface area (Å²) in [6, 6.07) is 10.4. The molecule has 3 rings (SSSR count). The second kappa shape index (κ2) is 12.5. The second-order valence-electron chi connectivity index (χ2n) is 9.59. The molecule has 1 aliphatic rings. The molecule has 2 amide bonds. The Morgan fingerprint density at radius 1 is 1.13 bits per heavy atom. The van der Waals surface area contributed by atoms with E-state index in [1.165, 1.54) is 26.2 Å². The third-order valence-corrected chi connectivity index (χ3v) is 6.40. The number of fused-ring (bicyclic) bond motifs is 1. The number of methoxy groups -OCH3 is 3. The number of aliphatic hydroxyl groups is 1. The summed E-state index contributed by atoms with van der Waals surface area (Å²) in [6.07, 6.45) is -2.48. The van der Waals surface area contributed by atoms with Crippen molar-refractivity contribution < 1.29 is 38.4 Å². The van der Waals surface area contributed by atoms with Crippen LogP contribution in [0.5, 0.6) is 11.5 Å². The minimum absolute atomic E-state index is 0.141. The molecule has 0 unspecified atom stereocenters. The van der Waals surface area contributed by atoms with Crippen LogP contribution in [0, 0.1) is 5.41 Å². The van der Waals surface area contributed by atoms with E-state index in [4.69, 9.17) is 25.8 Å². The van der Waals surface area contributed by atoms with Crippen LogP contribution in [-0.4, -0.2) is 70.0 Å². The lowest BCUT2D eigenvalue weighted by Gasteiger charge is -2.32. The first-order valence-corrected chi connectivity index (χ1v) is 12.3. The standard InChI is InChI=1S/C27H33ClN2O8/c1-27(2,15-31)14-30-19-10-9-16(28)11-18(19)24(17-7-6-8-20(35-3)25(17)37-5)38-21(26(30)34)12-22(32)29-13-23(33)36-4/h6-11,21,24,31H,12-15H2,1-5H3,(H,29,32)/t21-,24-/m1/s1. The van der Waals surface area contributed by atoms with Gasteiger partial charge in [-0.05, 0) is 24.3 Å². The minimum atomic E-state index is -1.24. The number of rotatable bonds is 10. The van der Waals surface area contributed by atoms with Gasteiger partial charge in [-0.2, -0.15) is 0 Å². The molecule has 2 N–H and O–H groups in total. The van der Waals surface area contributed by atoms with Crippen LogP contribution in [0.25, 0.3) is 0 Å². The fourth-order valence-electron chi connectivity index (χ4n) is 4.19. The smallest absolute Gasteiger partial charge is 0.325 e. The number of para-hydroxylation sites is 1. The maximum atomic E-state index is 13.9. The Bertz CT molecular complexity index is 1190. The van der Waals surface area contributed by atoms with E-state index in [2.05, 4.69) is 10.1 Å². The third kappa shape index (κ3) is 6.56. The molecule has 2 atom stereocenters. The molecular weight excluding hydrogens is 516 g/mol. The molecule has 0 aliphatic carbocycles. The van der Waals surface area contributed by atoms with E-state index in [0.717, 1.165) is 0 Å². The predicted octanol–water partition coefficient (Wildman–Crippen LogP) is 2.88. The lowest BCUT2D eigenvalue weighted by Crippen LogP contribution is -2.46. The van der Waals surface area contributed by atoms with Gasteiger partial charge in [-0.15, -0.1) is 0 Å². The van der Waals surface area contributed by atoms with Crippen molar-refractivity contribution in [2.75, 3.05) is 45.9 Å². The van der Waals surface area contributed by atoms with Gasteiger partial charge in [0, 0.05) is 40.4 Å².